The first-order valence-corrected chi connectivity index (χ1v) is 21.1. The molecule has 3 nitrogen and oxygen atoms in total. The van der Waals surface area contributed by atoms with Crippen molar-refractivity contribution in [3.63, 3.8) is 0 Å². The summed E-state index contributed by atoms with van der Waals surface area (Å²) < 4.78 is 5.10. The zero-order valence-electron chi connectivity index (χ0n) is 31.1. The van der Waals surface area contributed by atoms with E-state index in [2.05, 4.69) is 188 Å². The van der Waals surface area contributed by atoms with Gasteiger partial charge in [-0.25, -0.2) is 15.0 Å². The molecule has 0 saturated heterocycles. The molecular weight excluding hydrogens is 743 g/mol. The molecule has 0 N–H and O–H groups in total. The summed E-state index contributed by atoms with van der Waals surface area (Å²) in [5, 5.41) is 8.69. The zero-order valence-corrected chi connectivity index (χ0v) is 32.7. The minimum Gasteiger partial charge on any atom is -0.246 e. The highest BCUT2D eigenvalue weighted by Gasteiger charge is 2.18. The van der Waals surface area contributed by atoms with Gasteiger partial charge in [-0.15, -0.1) is 22.7 Å². The van der Waals surface area contributed by atoms with Gasteiger partial charge in [0.25, 0.3) is 0 Å². The van der Waals surface area contributed by atoms with E-state index >= 15 is 0 Å². The molecule has 0 aliphatic rings. The average Bonchev–Trinajstić information content (AvgIpc) is 3.88. The lowest BCUT2D eigenvalue weighted by atomic mass is 9.99. The summed E-state index contributed by atoms with van der Waals surface area (Å²) in [6.45, 7) is 0. The molecule has 0 amide bonds. The van der Waals surface area contributed by atoms with Crippen molar-refractivity contribution in [2.75, 3.05) is 0 Å². The Bertz CT molecular complexity index is 3560. The third-order valence-electron chi connectivity index (χ3n) is 11.3. The molecular formula is C53H31N3S2. The lowest BCUT2D eigenvalue weighted by Crippen LogP contribution is -1.96. The predicted molar refractivity (Wildman–Crippen MR) is 248 cm³/mol. The van der Waals surface area contributed by atoms with E-state index in [-0.39, 0.29) is 0 Å². The number of thiophene rings is 2. The number of fused-ring (bicyclic) bond motifs is 9. The quantitative estimate of drug-likeness (QED) is 0.175. The Labute approximate surface area is 342 Å². The fourth-order valence-electron chi connectivity index (χ4n) is 8.51. The van der Waals surface area contributed by atoms with Crippen LogP contribution in [0.1, 0.15) is 0 Å². The SMILES string of the molecule is c1ccc2c(-c3cc(-c4ccc(-c5nc6ccccc6c6c5sc5ccccc56)cc4)nc(-c4ccc(-c5cccc6c5sc5ccccc56)cc4)n3)cccc2c1. The van der Waals surface area contributed by atoms with E-state index in [0.29, 0.717) is 5.82 Å². The molecule has 0 atom stereocenters. The third kappa shape index (κ3) is 5.36. The van der Waals surface area contributed by atoms with Gasteiger partial charge < -0.3 is 0 Å². The van der Waals surface area contributed by atoms with Gasteiger partial charge in [-0.2, -0.15) is 0 Å². The van der Waals surface area contributed by atoms with Crippen LogP contribution in [0.5, 0.6) is 0 Å². The second-order valence-corrected chi connectivity index (χ2v) is 16.8. The maximum atomic E-state index is 5.26. The van der Waals surface area contributed by atoms with Gasteiger partial charge in [0.2, 0.25) is 0 Å². The van der Waals surface area contributed by atoms with Crippen LogP contribution in [0.25, 0.3) is 118 Å². The zero-order chi connectivity index (χ0) is 38.2. The van der Waals surface area contributed by atoms with Gasteiger partial charge in [0, 0.05) is 63.3 Å². The summed E-state index contributed by atoms with van der Waals surface area (Å²) in [4.78, 5) is 15.8. The van der Waals surface area contributed by atoms with Crippen molar-refractivity contribution < 1.29 is 0 Å². The van der Waals surface area contributed by atoms with Crippen LogP contribution in [0.3, 0.4) is 0 Å². The number of hydrogen-bond donors (Lipinski definition) is 0. The summed E-state index contributed by atoms with van der Waals surface area (Å²) in [6, 6.07) is 67.0. The number of benzene rings is 8. The summed E-state index contributed by atoms with van der Waals surface area (Å²) >= 11 is 3.67. The van der Waals surface area contributed by atoms with Crippen LogP contribution in [0.15, 0.2) is 188 Å². The highest BCUT2D eigenvalue weighted by molar-refractivity contribution is 7.26. The lowest BCUT2D eigenvalue weighted by molar-refractivity contribution is 1.18. The fourth-order valence-corrected chi connectivity index (χ4v) is 11.0. The Kier molecular flexibility index (Phi) is 7.58. The highest BCUT2D eigenvalue weighted by Crippen LogP contribution is 2.44. The van der Waals surface area contributed by atoms with E-state index in [9.17, 15) is 0 Å². The number of aromatic nitrogens is 3. The molecule has 0 aliphatic heterocycles. The molecule has 0 spiro atoms. The summed E-state index contributed by atoms with van der Waals surface area (Å²) in [5.41, 5.74) is 10.4. The first-order chi connectivity index (χ1) is 28.7. The molecule has 270 valence electrons. The maximum absolute atomic E-state index is 5.26. The fraction of sp³-hybridized carbons (Fsp3) is 0. The first-order valence-electron chi connectivity index (χ1n) is 19.4. The summed E-state index contributed by atoms with van der Waals surface area (Å²) in [7, 11) is 0. The predicted octanol–water partition coefficient (Wildman–Crippen LogP) is 15.2. The number of para-hydroxylation sites is 1. The molecule has 4 heterocycles. The van der Waals surface area contributed by atoms with Crippen molar-refractivity contribution in [3.05, 3.63) is 188 Å². The van der Waals surface area contributed by atoms with Crippen molar-refractivity contribution in [2.24, 2.45) is 0 Å². The van der Waals surface area contributed by atoms with E-state index in [1.165, 1.54) is 62.2 Å². The number of pyridine rings is 1. The summed E-state index contributed by atoms with van der Waals surface area (Å²) in [6.07, 6.45) is 0. The van der Waals surface area contributed by atoms with E-state index in [4.69, 9.17) is 15.0 Å². The standard InChI is InChI=1S/C53H31N3S2/c1-2-13-37-32(11-1)12-9-18-39(37)46-31-45(55-53(56-46)36-29-23-33(24-30-36)38-17-10-19-41-40-14-4-7-21-47(40)57-51(38)41)34-25-27-35(28-26-34)50-52-49(42-15-3-6-20-44(42)54-50)43-16-5-8-22-48(43)58-52/h1-31H. The van der Waals surface area contributed by atoms with Gasteiger partial charge in [-0.1, -0.05) is 164 Å². The van der Waals surface area contributed by atoms with E-state index in [0.717, 1.165) is 50.2 Å². The molecule has 0 radical (unpaired) electrons. The Hall–Kier alpha value is -7.05. The molecule has 0 saturated carbocycles. The van der Waals surface area contributed by atoms with Crippen LogP contribution in [-0.4, -0.2) is 15.0 Å². The van der Waals surface area contributed by atoms with Gasteiger partial charge in [0.05, 0.1) is 27.3 Å². The number of nitrogens with zero attached hydrogens (tertiary/aromatic N) is 3. The molecule has 12 rings (SSSR count). The average molecular weight is 774 g/mol. The van der Waals surface area contributed by atoms with Crippen LogP contribution in [0, 0.1) is 0 Å². The molecule has 12 aromatic rings. The molecule has 8 aromatic carbocycles. The highest BCUT2D eigenvalue weighted by atomic mass is 32.1. The monoisotopic (exact) mass is 773 g/mol. The van der Waals surface area contributed by atoms with Gasteiger partial charge in [0.15, 0.2) is 5.82 Å². The molecule has 5 heteroatoms. The van der Waals surface area contributed by atoms with Gasteiger partial charge >= 0.3 is 0 Å². The minimum atomic E-state index is 0.694. The molecule has 4 aromatic heterocycles. The van der Waals surface area contributed by atoms with E-state index in [1.54, 1.807) is 0 Å². The van der Waals surface area contributed by atoms with Gasteiger partial charge in [0.1, 0.15) is 0 Å². The molecule has 0 aliphatic carbocycles. The summed E-state index contributed by atoms with van der Waals surface area (Å²) in [5.74, 6) is 0.694. The molecule has 0 unspecified atom stereocenters. The minimum absolute atomic E-state index is 0.694. The normalized spacial score (nSPS) is 11.8. The number of rotatable bonds is 5. The molecule has 0 bridgehead atoms. The third-order valence-corrected chi connectivity index (χ3v) is 13.7. The Morgan fingerprint density at radius 1 is 0.345 bits per heavy atom. The topological polar surface area (TPSA) is 38.7 Å². The van der Waals surface area contributed by atoms with Crippen molar-refractivity contribution in [1.29, 1.82) is 0 Å². The molecule has 58 heavy (non-hydrogen) atoms. The van der Waals surface area contributed by atoms with Crippen molar-refractivity contribution in [3.8, 4) is 56.3 Å². The second kappa shape index (κ2) is 13.3. The van der Waals surface area contributed by atoms with Crippen LogP contribution >= 0.6 is 22.7 Å². The van der Waals surface area contributed by atoms with Gasteiger partial charge in [-0.05, 0) is 46.2 Å². The Morgan fingerprint density at radius 2 is 0.914 bits per heavy atom. The van der Waals surface area contributed by atoms with E-state index in [1.807, 2.05) is 22.7 Å². The van der Waals surface area contributed by atoms with Crippen LogP contribution in [0.4, 0.5) is 0 Å². The first kappa shape index (κ1) is 33.1. The number of hydrogen-bond acceptors (Lipinski definition) is 5. The van der Waals surface area contributed by atoms with Crippen LogP contribution < -0.4 is 0 Å². The largest absolute Gasteiger partial charge is 0.246 e. The smallest absolute Gasteiger partial charge is 0.160 e. The lowest BCUT2D eigenvalue weighted by Gasteiger charge is -2.12. The van der Waals surface area contributed by atoms with Crippen LogP contribution in [0.2, 0.25) is 0 Å². The second-order valence-electron chi connectivity index (χ2n) is 14.7. The van der Waals surface area contributed by atoms with Crippen molar-refractivity contribution in [2.45, 2.75) is 0 Å². The van der Waals surface area contributed by atoms with E-state index < -0.39 is 0 Å². The van der Waals surface area contributed by atoms with Crippen molar-refractivity contribution >= 4 is 84.7 Å². The van der Waals surface area contributed by atoms with Gasteiger partial charge in [-0.3, -0.25) is 0 Å². The molecule has 0 fully saturated rings. The maximum Gasteiger partial charge on any atom is 0.160 e. The Balaban J connectivity index is 0.984. The Morgan fingerprint density at radius 3 is 1.76 bits per heavy atom. The van der Waals surface area contributed by atoms with Crippen LogP contribution in [-0.2, 0) is 0 Å². The van der Waals surface area contributed by atoms with Crippen molar-refractivity contribution in [1.82, 2.24) is 15.0 Å².